The quantitative estimate of drug-likeness (QED) is 0.631. The largest absolute Gasteiger partial charge is 0.460 e. The molecule has 1 aromatic carbocycles. The average molecular weight is 313 g/mol. The Labute approximate surface area is 136 Å². The van der Waals surface area contributed by atoms with Crippen LogP contribution >= 0.6 is 0 Å². The molecule has 2 atom stereocenters. The Bertz CT molecular complexity index is 607. The molecule has 4 nitrogen and oxygen atoms in total. The minimum absolute atomic E-state index is 0.00257. The van der Waals surface area contributed by atoms with Crippen LogP contribution in [0.3, 0.4) is 0 Å². The topological polar surface area (TPSA) is 47.9 Å². The Morgan fingerprint density at radius 1 is 1.17 bits per heavy atom. The highest BCUT2D eigenvalue weighted by Crippen LogP contribution is 2.59. The van der Waals surface area contributed by atoms with Crippen molar-refractivity contribution in [3.63, 3.8) is 0 Å². The molecule has 0 spiro atoms. The van der Waals surface area contributed by atoms with Crippen molar-refractivity contribution in [1.82, 2.24) is 0 Å². The maximum Gasteiger partial charge on any atom is 0.312 e. The van der Waals surface area contributed by atoms with E-state index in [9.17, 15) is 4.79 Å². The van der Waals surface area contributed by atoms with Gasteiger partial charge in [-0.3, -0.25) is 4.79 Å². The number of hydrogen-bond donors (Lipinski definition) is 0. The van der Waals surface area contributed by atoms with Crippen LogP contribution in [0.15, 0.2) is 35.5 Å². The monoisotopic (exact) mass is 313 g/mol. The van der Waals surface area contributed by atoms with Crippen molar-refractivity contribution < 1.29 is 14.4 Å². The number of ether oxygens (including phenoxy) is 1. The first kappa shape index (κ1) is 14.7. The molecule has 4 fully saturated rings. The predicted molar refractivity (Wildman–Crippen MR) is 86.7 cm³/mol. The fraction of sp³-hybridized carbons (Fsp3) is 0.579. The Kier molecular flexibility index (Phi) is 3.63. The highest BCUT2D eigenvalue weighted by Gasteiger charge is 2.58. The van der Waals surface area contributed by atoms with E-state index < -0.39 is 0 Å². The van der Waals surface area contributed by atoms with Gasteiger partial charge in [0.25, 0.3) is 0 Å². The third kappa shape index (κ3) is 2.54. The van der Waals surface area contributed by atoms with Gasteiger partial charge in [0, 0.05) is 11.8 Å². The molecule has 4 aliphatic carbocycles. The molecule has 0 radical (unpaired) electrons. The molecule has 4 aliphatic rings. The molecule has 1 aromatic rings. The lowest BCUT2D eigenvalue weighted by atomic mass is 9.49. The van der Waals surface area contributed by atoms with Crippen LogP contribution in [0.5, 0.6) is 0 Å². The van der Waals surface area contributed by atoms with E-state index >= 15 is 0 Å². The summed E-state index contributed by atoms with van der Waals surface area (Å²) >= 11 is 0. The Hall–Kier alpha value is -1.84. The van der Waals surface area contributed by atoms with Crippen LogP contribution in [-0.4, -0.2) is 18.8 Å². The molecule has 0 saturated heterocycles. The normalized spacial score (nSPS) is 34.3. The first-order valence-electron chi connectivity index (χ1n) is 8.52. The van der Waals surface area contributed by atoms with E-state index in [1.165, 1.54) is 5.71 Å². The second-order valence-electron chi connectivity index (χ2n) is 7.38. The van der Waals surface area contributed by atoms with Crippen molar-refractivity contribution in [3.05, 3.63) is 35.9 Å². The molecule has 23 heavy (non-hydrogen) atoms. The summed E-state index contributed by atoms with van der Waals surface area (Å²) in [4.78, 5) is 17.9. The number of benzene rings is 1. The standard InChI is InChI=1S/C19H23NO3/c1-22-20-17-15-7-14-8-16(17)11-19(9-14,10-15)18(21)23-12-13-5-3-2-4-6-13/h2-6,14-16H,7-12H2,1H3. The highest BCUT2D eigenvalue weighted by molar-refractivity contribution is 5.93. The van der Waals surface area contributed by atoms with Crippen LogP contribution < -0.4 is 0 Å². The summed E-state index contributed by atoms with van der Waals surface area (Å²) in [5, 5.41) is 4.27. The molecule has 4 saturated carbocycles. The van der Waals surface area contributed by atoms with Gasteiger partial charge in [-0.1, -0.05) is 35.5 Å². The van der Waals surface area contributed by atoms with Crippen molar-refractivity contribution in [3.8, 4) is 0 Å². The predicted octanol–water partition coefficient (Wildman–Crippen LogP) is 3.56. The second-order valence-corrected chi connectivity index (χ2v) is 7.38. The van der Waals surface area contributed by atoms with Crippen molar-refractivity contribution in [2.24, 2.45) is 28.3 Å². The smallest absolute Gasteiger partial charge is 0.312 e. The Morgan fingerprint density at radius 2 is 1.87 bits per heavy atom. The zero-order valence-corrected chi connectivity index (χ0v) is 13.5. The van der Waals surface area contributed by atoms with Crippen molar-refractivity contribution in [1.29, 1.82) is 0 Å². The van der Waals surface area contributed by atoms with E-state index in [0.29, 0.717) is 24.4 Å². The van der Waals surface area contributed by atoms with Crippen molar-refractivity contribution in [2.45, 2.75) is 38.7 Å². The molecule has 2 unspecified atom stereocenters. The average Bonchev–Trinajstić information content (AvgIpc) is 2.56. The van der Waals surface area contributed by atoms with E-state index in [1.807, 2.05) is 30.3 Å². The zero-order chi connectivity index (χ0) is 15.9. The van der Waals surface area contributed by atoms with E-state index in [4.69, 9.17) is 9.57 Å². The van der Waals surface area contributed by atoms with Crippen LogP contribution in [0.4, 0.5) is 0 Å². The summed E-state index contributed by atoms with van der Waals surface area (Å²) in [7, 11) is 1.61. The van der Waals surface area contributed by atoms with E-state index in [1.54, 1.807) is 7.11 Å². The maximum atomic E-state index is 12.8. The van der Waals surface area contributed by atoms with Gasteiger partial charge in [0.15, 0.2) is 0 Å². The summed E-state index contributed by atoms with van der Waals surface area (Å²) in [6.07, 6.45) is 5.08. The van der Waals surface area contributed by atoms with E-state index in [-0.39, 0.29) is 11.4 Å². The Balaban J connectivity index is 1.49. The number of carbonyl (C=O) groups excluding carboxylic acids is 1. The number of carbonyl (C=O) groups is 1. The highest BCUT2D eigenvalue weighted by atomic mass is 16.6. The summed E-state index contributed by atoms with van der Waals surface area (Å²) < 4.78 is 5.70. The molecule has 0 heterocycles. The molecule has 4 heteroatoms. The maximum absolute atomic E-state index is 12.8. The fourth-order valence-electron chi connectivity index (χ4n) is 5.14. The van der Waals surface area contributed by atoms with Crippen LogP contribution in [0, 0.1) is 23.2 Å². The minimum Gasteiger partial charge on any atom is -0.460 e. The van der Waals surface area contributed by atoms with E-state index in [0.717, 1.165) is 37.7 Å². The van der Waals surface area contributed by atoms with Crippen LogP contribution in [0.1, 0.15) is 37.7 Å². The minimum atomic E-state index is -0.280. The SMILES string of the molecule is CON=C1C2CC3CC1CC(C(=O)OCc1ccccc1)(C3)C2. The van der Waals surface area contributed by atoms with Gasteiger partial charge in [0.1, 0.15) is 13.7 Å². The third-order valence-corrected chi connectivity index (χ3v) is 5.87. The molecule has 0 aliphatic heterocycles. The van der Waals surface area contributed by atoms with Crippen molar-refractivity contribution in [2.75, 3.05) is 7.11 Å². The molecule has 0 aromatic heterocycles. The lowest BCUT2D eigenvalue weighted by molar-refractivity contribution is -0.167. The number of esters is 1. The van der Waals surface area contributed by atoms with Crippen molar-refractivity contribution >= 4 is 11.7 Å². The summed E-state index contributed by atoms with van der Waals surface area (Å²) in [6, 6.07) is 9.91. The molecule has 4 bridgehead atoms. The van der Waals surface area contributed by atoms with Gasteiger partial charge >= 0.3 is 5.97 Å². The van der Waals surface area contributed by atoms with Crippen LogP contribution in [0.2, 0.25) is 0 Å². The number of nitrogens with zero attached hydrogens (tertiary/aromatic N) is 1. The third-order valence-electron chi connectivity index (χ3n) is 5.87. The lowest BCUT2D eigenvalue weighted by Crippen LogP contribution is -2.55. The van der Waals surface area contributed by atoms with Gasteiger partial charge in [-0.15, -0.1) is 0 Å². The van der Waals surface area contributed by atoms with Gasteiger partial charge in [-0.25, -0.2) is 0 Å². The number of rotatable bonds is 4. The molecule has 5 rings (SSSR count). The molecule has 0 amide bonds. The molecule has 0 N–H and O–H groups in total. The summed E-state index contributed by atoms with van der Waals surface area (Å²) in [5.41, 5.74) is 1.96. The summed E-state index contributed by atoms with van der Waals surface area (Å²) in [5.74, 6) is 1.46. The zero-order valence-electron chi connectivity index (χ0n) is 13.5. The van der Waals surface area contributed by atoms with Crippen LogP contribution in [0.25, 0.3) is 0 Å². The molecular formula is C19H23NO3. The first-order valence-corrected chi connectivity index (χ1v) is 8.52. The number of hydrogen-bond acceptors (Lipinski definition) is 4. The lowest BCUT2D eigenvalue weighted by Gasteiger charge is -2.55. The first-order chi connectivity index (χ1) is 11.2. The molecular weight excluding hydrogens is 290 g/mol. The van der Waals surface area contributed by atoms with Gasteiger partial charge < -0.3 is 9.57 Å². The van der Waals surface area contributed by atoms with Gasteiger partial charge in [-0.05, 0) is 43.6 Å². The summed E-state index contributed by atoms with van der Waals surface area (Å²) in [6.45, 7) is 0.375. The Morgan fingerprint density at radius 3 is 2.52 bits per heavy atom. The van der Waals surface area contributed by atoms with Gasteiger partial charge in [-0.2, -0.15) is 0 Å². The number of oxime groups is 1. The molecule has 122 valence electrons. The second kappa shape index (κ2) is 5.66. The van der Waals surface area contributed by atoms with Gasteiger partial charge in [0.2, 0.25) is 0 Å². The van der Waals surface area contributed by atoms with Gasteiger partial charge in [0.05, 0.1) is 11.1 Å². The van der Waals surface area contributed by atoms with E-state index in [2.05, 4.69) is 5.16 Å². The fourth-order valence-corrected chi connectivity index (χ4v) is 5.14. The van der Waals surface area contributed by atoms with Crippen LogP contribution in [-0.2, 0) is 21.0 Å².